The number of benzene rings is 1. The minimum Gasteiger partial charge on any atom is -0.481 e. The number of piperazine rings is 1. The quantitative estimate of drug-likeness (QED) is 0.706. The molecule has 1 fully saturated rings. The Morgan fingerprint density at radius 1 is 1.06 bits per heavy atom. The fourth-order valence-electron chi connectivity index (χ4n) is 3.79. The molecule has 0 aliphatic carbocycles. The van der Waals surface area contributed by atoms with Gasteiger partial charge in [0.1, 0.15) is 11.5 Å². The van der Waals surface area contributed by atoms with Crippen LogP contribution in [-0.4, -0.2) is 59.1 Å². The van der Waals surface area contributed by atoms with Gasteiger partial charge >= 0.3 is 0 Å². The molecule has 0 radical (unpaired) electrons. The van der Waals surface area contributed by atoms with Crippen molar-refractivity contribution in [1.82, 2.24) is 15.0 Å². The number of aryl methyl sites for hydroxylation is 3. The predicted molar refractivity (Wildman–Crippen MR) is 118 cm³/mol. The zero-order valence-electron chi connectivity index (χ0n) is 19.4. The predicted octanol–water partition coefficient (Wildman–Crippen LogP) is 3.40. The van der Waals surface area contributed by atoms with Gasteiger partial charge in [0.05, 0.1) is 12.1 Å². The lowest BCUT2D eigenvalue weighted by Gasteiger charge is -2.36. The normalized spacial score (nSPS) is 15.3. The maximum absolute atomic E-state index is 12.9. The van der Waals surface area contributed by atoms with Crippen molar-refractivity contribution in [3.05, 3.63) is 46.3 Å². The monoisotopic (exact) mass is 427 g/mol. The Morgan fingerprint density at radius 2 is 1.71 bits per heavy atom. The number of hydrogen-bond donors (Lipinski definition) is 0. The van der Waals surface area contributed by atoms with Gasteiger partial charge in [-0.05, 0) is 50.8 Å². The lowest BCUT2D eigenvalue weighted by Crippen LogP contribution is -2.53. The third-order valence-corrected chi connectivity index (χ3v) is 5.98. The summed E-state index contributed by atoms with van der Waals surface area (Å²) in [5, 5.41) is 3.91. The van der Waals surface area contributed by atoms with Gasteiger partial charge in [-0.15, -0.1) is 0 Å². The molecule has 1 aromatic carbocycles. The van der Waals surface area contributed by atoms with Crippen LogP contribution in [0.5, 0.6) is 5.75 Å². The van der Waals surface area contributed by atoms with Gasteiger partial charge in [-0.1, -0.05) is 31.1 Å². The number of carbonyl (C=O) groups is 2. The zero-order valence-corrected chi connectivity index (χ0v) is 19.4. The lowest BCUT2D eigenvalue weighted by molar-refractivity contribution is -0.143. The standard InChI is InChI=1S/C24H33N3O4/c1-15(2)20-8-7-16(3)22(13-20)30-19(6)24(29)27-11-9-26(10-12-27)23(28)14-21-17(4)25-31-18(21)5/h7-8,13,15,19H,9-12,14H2,1-6H3. The van der Waals surface area contributed by atoms with Crippen LogP contribution in [-0.2, 0) is 16.0 Å². The molecule has 0 bridgehead atoms. The molecule has 1 unspecified atom stereocenters. The average molecular weight is 428 g/mol. The number of amides is 2. The first-order valence-corrected chi connectivity index (χ1v) is 10.9. The van der Waals surface area contributed by atoms with Crippen molar-refractivity contribution in [2.24, 2.45) is 0 Å². The molecule has 168 valence electrons. The molecule has 1 saturated heterocycles. The van der Waals surface area contributed by atoms with Crippen LogP contribution in [0.25, 0.3) is 0 Å². The third kappa shape index (κ3) is 5.27. The number of ether oxygens (including phenoxy) is 1. The molecule has 7 nitrogen and oxygen atoms in total. The summed E-state index contributed by atoms with van der Waals surface area (Å²) in [6.07, 6.45) is -0.300. The fourth-order valence-corrected chi connectivity index (χ4v) is 3.79. The maximum Gasteiger partial charge on any atom is 0.263 e. The molecule has 2 amide bonds. The third-order valence-electron chi connectivity index (χ3n) is 5.98. The van der Waals surface area contributed by atoms with E-state index in [4.69, 9.17) is 9.26 Å². The van der Waals surface area contributed by atoms with Gasteiger partial charge in [0, 0.05) is 31.7 Å². The molecule has 0 N–H and O–H groups in total. The van der Waals surface area contributed by atoms with E-state index in [-0.39, 0.29) is 18.2 Å². The molecule has 1 aliphatic rings. The van der Waals surface area contributed by atoms with Gasteiger partial charge in [-0.25, -0.2) is 0 Å². The van der Waals surface area contributed by atoms with Crippen molar-refractivity contribution < 1.29 is 18.8 Å². The number of aromatic nitrogens is 1. The van der Waals surface area contributed by atoms with Crippen LogP contribution in [0.4, 0.5) is 0 Å². The van der Waals surface area contributed by atoms with Crippen molar-refractivity contribution in [2.45, 2.75) is 60.0 Å². The Labute approximate surface area is 184 Å². The Balaban J connectivity index is 1.55. The Morgan fingerprint density at radius 3 is 2.29 bits per heavy atom. The van der Waals surface area contributed by atoms with E-state index in [2.05, 4.69) is 25.1 Å². The summed E-state index contributed by atoms with van der Waals surface area (Å²) < 4.78 is 11.2. The van der Waals surface area contributed by atoms with E-state index in [9.17, 15) is 9.59 Å². The molecule has 3 rings (SSSR count). The van der Waals surface area contributed by atoms with Crippen LogP contribution in [0, 0.1) is 20.8 Å². The van der Waals surface area contributed by atoms with E-state index in [1.165, 1.54) is 5.56 Å². The Hall–Kier alpha value is -2.83. The SMILES string of the molecule is Cc1ccc(C(C)C)cc1OC(C)C(=O)N1CCN(C(=O)Cc2c(C)noc2C)CC1. The molecular formula is C24H33N3O4. The van der Waals surface area contributed by atoms with E-state index in [1.54, 1.807) is 16.7 Å². The maximum atomic E-state index is 12.9. The van der Waals surface area contributed by atoms with Crippen LogP contribution in [0.1, 0.15) is 54.8 Å². The van der Waals surface area contributed by atoms with Crippen LogP contribution in [0.2, 0.25) is 0 Å². The second kappa shape index (κ2) is 9.54. The van der Waals surface area contributed by atoms with Crippen molar-refractivity contribution in [3.63, 3.8) is 0 Å². The highest BCUT2D eigenvalue weighted by Crippen LogP contribution is 2.25. The fraction of sp³-hybridized carbons (Fsp3) is 0.542. The minimum absolute atomic E-state index is 0.0342. The van der Waals surface area contributed by atoms with Crippen molar-refractivity contribution in [2.75, 3.05) is 26.2 Å². The first kappa shape index (κ1) is 22.8. The van der Waals surface area contributed by atoms with Gasteiger partial charge < -0.3 is 19.1 Å². The highest BCUT2D eigenvalue weighted by molar-refractivity contribution is 5.82. The highest BCUT2D eigenvalue weighted by atomic mass is 16.5. The van der Waals surface area contributed by atoms with Gasteiger partial charge in [0.25, 0.3) is 5.91 Å². The smallest absolute Gasteiger partial charge is 0.263 e. The zero-order chi connectivity index (χ0) is 22.7. The largest absolute Gasteiger partial charge is 0.481 e. The van der Waals surface area contributed by atoms with Crippen LogP contribution in [0.3, 0.4) is 0 Å². The van der Waals surface area contributed by atoms with Gasteiger partial charge in [0.15, 0.2) is 6.10 Å². The van der Waals surface area contributed by atoms with E-state index in [0.29, 0.717) is 37.9 Å². The molecular weight excluding hydrogens is 394 g/mol. The number of hydrogen-bond acceptors (Lipinski definition) is 5. The number of carbonyl (C=O) groups excluding carboxylic acids is 2. The molecule has 0 spiro atoms. The summed E-state index contributed by atoms with van der Waals surface area (Å²) in [4.78, 5) is 29.2. The molecule has 1 aliphatic heterocycles. The average Bonchev–Trinajstić information content (AvgIpc) is 3.06. The van der Waals surface area contributed by atoms with Crippen molar-refractivity contribution in [3.8, 4) is 5.75 Å². The van der Waals surface area contributed by atoms with Gasteiger partial charge in [0.2, 0.25) is 5.91 Å². The first-order chi connectivity index (χ1) is 14.7. The van der Waals surface area contributed by atoms with Crippen LogP contribution >= 0.6 is 0 Å². The summed E-state index contributed by atoms with van der Waals surface area (Å²) in [6.45, 7) is 13.7. The van der Waals surface area contributed by atoms with Crippen LogP contribution in [0.15, 0.2) is 22.7 Å². The summed E-state index contributed by atoms with van der Waals surface area (Å²) >= 11 is 0. The molecule has 7 heteroatoms. The van der Waals surface area contributed by atoms with E-state index in [1.807, 2.05) is 32.9 Å². The number of nitrogens with zero attached hydrogens (tertiary/aromatic N) is 3. The Kier molecular flexibility index (Phi) is 7.03. The summed E-state index contributed by atoms with van der Waals surface area (Å²) in [5.74, 6) is 1.81. The van der Waals surface area contributed by atoms with Crippen molar-refractivity contribution in [1.29, 1.82) is 0 Å². The molecule has 1 aromatic heterocycles. The molecule has 2 heterocycles. The summed E-state index contributed by atoms with van der Waals surface area (Å²) in [5.41, 5.74) is 3.80. The lowest BCUT2D eigenvalue weighted by atomic mass is 10.0. The second-order valence-electron chi connectivity index (χ2n) is 8.63. The second-order valence-corrected chi connectivity index (χ2v) is 8.63. The molecule has 1 atom stereocenters. The molecule has 2 aromatic rings. The molecule has 0 saturated carbocycles. The van der Waals surface area contributed by atoms with E-state index >= 15 is 0 Å². The van der Waals surface area contributed by atoms with Crippen molar-refractivity contribution >= 4 is 11.8 Å². The van der Waals surface area contributed by atoms with Gasteiger partial charge in [-0.3, -0.25) is 9.59 Å². The van der Waals surface area contributed by atoms with E-state index < -0.39 is 6.10 Å². The number of rotatable bonds is 6. The highest BCUT2D eigenvalue weighted by Gasteiger charge is 2.29. The topological polar surface area (TPSA) is 75.9 Å². The van der Waals surface area contributed by atoms with Crippen LogP contribution < -0.4 is 4.74 Å². The molecule has 31 heavy (non-hydrogen) atoms. The Bertz CT molecular complexity index is 923. The van der Waals surface area contributed by atoms with Gasteiger partial charge in [-0.2, -0.15) is 0 Å². The first-order valence-electron chi connectivity index (χ1n) is 10.9. The summed E-state index contributed by atoms with van der Waals surface area (Å²) in [7, 11) is 0. The van der Waals surface area contributed by atoms with E-state index in [0.717, 1.165) is 22.6 Å². The summed E-state index contributed by atoms with van der Waals surface area (Å²) in [6, 6.07) is 6.15. The minimum atomic E-state index is -0.578.